The second-order valence-electron chi connectivity index (χ2n) is 7.56. The fourth-order valence-corrected chi connectivity index (χ4v) is 3.95. The minimum Gasteiger partial charge on any atom is -0.305 e. The molecule has 162 valence electrons. The molecule has 5 rings (SSSR count). The van der Waals surface area contributed by atoms with Crippen molar-refractivity contribution in [3.63, 3.8) is 0 Å². The molecule has 33 heavy (non-hydrogen) atoms. The number of carbonyl (C=O) groups is 1. The predicted octanol–water partition coefficient (Wildman–Crippen LogP) is 6.71. The van der Waals surface area contributed by atoms with Gasteiger partial charge in [0.25, 0.3) is 5.91 Å². The molecule has 1 amide bonds. The van der Waals surface area contributed by atoms with Crippen LogP contribution in [0.1, 0.15) is 15.9 Å². The molecule has 2 aromatic heterocycles. The summed E-state index contributed by atoms with van der Waals surface area (Å²) in [5.74, 6) is 0.216. The highest BCUT2D eigenvalue weighted by molar-refractivity contribution is 6.31. The van der Waals surface area contributed by atoms with Crippen LogP contribution in [0.3, 0.4) is 0 Å². The van der Waals surface area contributed by atoms with E-state index in [0.29, 0.717) is 33.7 Å². The highest BCUT2D eigenvalue weighted by Crippen LogP contribution is 2.27. The van der Waals surface area contributed by atoms with Crippen molar-refractivity contribution in [3.8, 4) is 11.3 Å². The molecule has 0 spiro atoms. The molecule has 5 nitrogen and oxygen atoms in total. The maximum Gasteiger partial charge on any atom is 0.257 e. The maximum absolute atomic E-state index is 13.3. The molecule has 3 aromatic carbocycles. The molecule has 2 heterocycles. The van der Waals surface area contributed by atoms with Gasteiger partial charge in [-0.1, -0.05) is 65.7 Å². The molecule has 0 saturated carbocycles. The molecule has 0 saturated heterocycles. The Morgan fingerprint density at radius 1 is 0.879 bits per heavy atom. The largest absolute Gasteiger partial charge is 0.305 e. The molecule has 0 atom stereocenters. The fraction of sp³-hybridized carbons (Fsp3) is 0.0385. The number of amides is 1. The number of benzene rings is 3. The second-order valence-corrected chi connectivity index (χ2v) is 8.43. The molecular formula is C26H18Cl2N4O. The van der Waals surface area contributed by atoms with Crippen molar-refractivity contribution in [2.45, 2.75) is 6.54 Å². The molecule has 0 bridgehead atoms. The number of pyridine rings is 1. The summed E-state index contributed by atoms with van der Waals surface area (Å²) in [6, 6.07) is 26.1. The number of nitrogens with zero attached hydrogens (tertiary/aromatic N) is 3. The lowest BCUT2D eigenvalue weighted by Gasteiger charge is -2.10. The number of fused-ring (bicyclic) bond motifs is 1. The summed E-state index contributed by atoms with van der Waals surface area (Å²) in [7, 11) is 0. The average molecular weight is 473 g/mol. The van der Waals surface area contributed by atoms with Crippen molar-refractivity contribution in [2.75, 3.05) is 5.32 Å². The van der Waals surface area contributed by atoms with Crippen LogP contribution in [0.5, 0.6) is 0 Å². The van der Waals surface area contributed by atoms with Gasteiger partial charge in [-0.05, 0) is 42.0 Å². The Morgan fingerprint density at radius 3 is 2.52 bits per heavy atom. The van der Waals surface area contributed by atoms with Gasteiger partial charge in [0.1, 0.15) is 0 Å². The smallest absolute Gasteiger partial charge is 0.257 e. The first-order valence-corrected chi connectivity index (χ1v) is 11.1. The zero-order valence-corrected chi connectivity index (χ0v) is 18.9. The van der Waals surface area contributed by atoms with Crippen LogP contribution in [-0.4, -0.2) is 20.7 Å². The lowest BCUT2D eigenvalue weighted by atomic mass is 10.0. The number of aromatic nitrogens is 3. The number of nitrogens with one attached hydrogen (secondary N) is 1. The van der Waals surface area contributed by atoms with E-state index in [1.54, 1.807) is 22.9 Å². The van der Waals surface area contributed by atoms with Gasteiger partial charge in [-0.2, -0.15) is 5.10 Å². The molecule has 0 aliphatic rings. The molecule has 0 unspecified atom stereocenters. The first kappa shape index (κ1) is 21.2. The van der Waals surface area contributed by atoms with Crippen LogP contribution < -0.4 is 5.32 Å². The predicted molar refractivity (Wildman–Crippen MR) is 133 cm³/mol. The van der Waals surface area contributed by atoms with E-state index in [9.17, 15) is 4.79 Å². The van der Waals surface area contributed by atoms with Crippen molar-refractivity contribution in [1.82, 2.24) is 14.8 Å². The molecule has 5 aromatic rings. The van der Waals surface area contributed by atoms with Crippen LogP contribution >= 0.6 is 23.2 Å². The van der Waals surface area contributed by atoms with E-state index in [1.807, 2.05) is 72.9 Å². The molecule has 1 N–H and O–H groups in total. The highest BCUT2D eigenvalue weighted by atomic mass is 35.5. The van der Waals surface area contributed by atoms with Crippen LogP contribution in [-0.2, 0) is 6.54 Å². The lowest BCUT2D eigenvalue weighted by Crippen LogP contribution is -2.14. The van der Waals surface area contributed by atoms with Gasteiger partial charge < -0.3 is 5.32 Å². The summed E-state index contributed by atoms with van der Waals surface area (Å²) in [6.07, 6.45) is 1.83. The summed E-state index contributed by atoms with van der Waals surface area (Å²) in [6.45, 7) is 0.574. The van der Waals surface area contributed by atoms with E-state index in [-0.39, 0.29) is 5.91 Å². The first-order valence-electron chi connectivity index (χ1n) is 10.3. The third-order valence-corrected chi connectivity index (χ3v) is 5.71. The number of carbonyl (C=O) groups excluding carboxylic acids is 1. The third-order valence-electron chi connectivity index (χ3n) is 5.22. The highest BCUT2D eigenvalue weighted by Gasteiger charge is 2.15. The van der Waals surface area contributed by atoms with Gasteiger partial charge >= 0.3 is 0 Å². The minimum absolute atomic E-state index is 0.256. The number of halogens is 2. The Kier molecular flexibility index (Phi) is 5.82. The summed E-state index contributed by atoms with van der Waals surface area (Å²) >= 11 is 12.1. The summed E-state index contributed by atoms with van der Waals surface area (Å²) < 4.78 is 1.76. The quantitative estimate of drug-likeness (QED) is 0.309. The van der Waals surface area contributed by atoms with Gasteiger partial charge in [-0.25, -0.2) is 4.98 Å². The van der Waals surface area contributed by atoms with Crippen molar-refractivity contribution >= 4 is 45.8 Å². The van der Waals surface area contributed by atoms with Crippen molar-refractivity contribution in [3.05, 3.63) is 112 Å². The van der Waals surface area contributed by atoms with E-state index in [4.69, 9.17) is 28.2 Å². The number of hydrogen-bond acceptors (Lipinski definition) is 3. The average Bonchev–Trinajstić information content (AvgIpc) is 3.26. The fourth-order valence-electron chi connectivity index (χ4n) is 3.64. The van der Waals surface area contributed by atoms with Crippen molar-refractivity contribution in [1.29, 1.82) is 0 Å². The molecule has 0 aliphatic carbocycles. The van der Waals surface area contributed by atoms with E-state index < -0.39 is 0 Å². The number of anilines is 1. The minimum atomic E-state index is -0.256. The summed E-state index contributed by atoms with van der Waals surface area (Å²) in [5.41, 5.74) is 3.83. The van der Waals surface area contributed by atoms with Gasteiger partial charge in [0, 0.05) is 33.3 Å². The van der Waals surface area contributed by atoms with Crippen LogP contribution in [0, 0.1) is 0 Å². The van der Waals surface area contributed by atoms with E-state index in [2.05, 4.69) is 10.4 Å². The Bertz CT molecular complexity index is 1460. The third kappa shape index (κ3) is 4.75. The lowest BCUT2D eigenvalue weighted by molar-refractivity contribution is 0.102. The Morgan fingerprint density at radius 2 is 1.70 bits per heavy atom. The Balaban J connectivity index is 1.43. The monoisotopic (exact) mass is 472 g/mol. The zero-order chi connectivity index (χ0) is 22.8. The summed E-state index contributed by atoms with van der Waals surface area (Å²) in [4.78, 5) is 18.0. The van der Waals surface area contributed by atoms with Crippen LogP contribution in [0.15, 0.2) is 91.1 Å². The normalized spacial score (nSPS) is 11.0. The molecule has 7 heteroatoms. The maximum atomic E-state index is 13.3. The van der Waals surface area contributed by atoms with Gasteiger partial charge in [-0.15, -0.1) is 0 Å². The molecular weight excluding hydrogens is 455 g/mol. The van der Waals surface area contributed by atoms with Gasteiger partial charge in [-0.3, -0.25) is 9.48 Å². The van der Waals surface area contributed by atoms with Gasteiger partial charge in [0.15, 0.2) is 5.82 Å². The van der Waals surface area contributed by atoms with Gasteiger partial charge in [0.05, 0.1) is 23.3 Å². The van der Waals surface area contributed by atoms with Gasteiger partial charge in [0.2, 0.25) is 0 Å². The van der Waals surface area contributed by atoms with Crippen molar-refractivity contribution in [2.24, 2.45) is 0 Å². The topological polar surface area (TPSA) is 59.8 Å². The number of hydrogen-bond donors (Lipinski definition) is 1. The number of rotatable bonds is 5. The Labute approximate surface area is 200 Å². The van der Waals surface area contributed by atoms with E-state index >= 15 is 0 Å². The molecule has 0 aliphatic heterocycles. The van der Waals surface area contributed by atoms with E-state index in [1.165, 1.54) is 0 Å². The zero-order valence-electron chi connectivity index (χ0n) is 17.4. The SMILES string of the molecule is O=C(Nc1ccn(Cc2ccc(Cl)cc2)n1)c1cc(-c2cccc(Cl)c2)nc2ccccc12. The molecule has 0 radical (unpaired) electrons. The van der Waals surface area contributed by atoms with Crippen molar-refractivity contribution < 1.29 is 4.79 Å². The van der Waals surface area contributed by atoms with E-state index in [0.717, 1.165) is 22.0 Å². The Hall–Kier alpha value is -3.67. The number of para-hydroxylation sites is 1. The van der Waals surface area contributed by atoms with Crippen LogP contribution in [0.4, 0.5) is 5.82 Å². The second kappa shape index (κ2) is 9.06. The standard InChI is InChI=1S/C26H18Cl2N4O/c27-19-10-8-17(9-11-19)16-32-13-12-25(31-32)30-26(33)22-15-24(18-4-3-5-20(28)14-18)29-23-7-2-1-6-21(22)23/h1-15H,16H2,(H,30,31,33). The summed E-state index contributed by atoms with van der Waals surface area (Å²) in [5, 5.41) is 9.46. The van der Waals surface area contributed by atoms with Crippen LogP contribution in [0.2, 0.25) is 10.0 Å². The van der Waals surface area contributed by atoms with Crippen LogP contribution in [0.25, 0.3) is 22.2 Å². The first-order chi connectivity index (χ1) is 16.0. The molecule has 0 fully saturated rings.